The van der Waals surface area contributed by atoms with Crippen molar-refractivity contribution in [3.63, 3.8) is 0 Å². The summed E-state index contributed by atoms with van der Waals surface area (Å²) in [5.74, 6) is 0.0706. The molecule has 0 aliphatic rings. The van der Waals surface area contributed by atoms with Crippen molar-refractivity contribution in [2.75, 3.05) is 5.32 Å². The summed E-state index contributed by atoms with van der Waals surface area (Å²) in [4.78, 5) is 17.1. The molecule has 1 amide bonds. The van der Waals surface area contributed by atoms with E-state index >= 15 is 0 Å². The number of benzene rings is 3. The van der Waals surface area contributed by atoms with Gasteiger partial charge in [0.2, 0.25) is 5.89 Å². The highest BCUT2D eigenvalue weighted by atomic mass is 35.5. The fraction of sp³-hybridized carbons (Fsp3) is 0.0909. The molecule has 0 saturated carbocycles. The van der Waals surface area contributed by atoms with E-state index in [0.29, 0.717) is 43.4 Å². The minimum atomic E-state index is -0.319. The van der Waals surface area contributed by atoms with Crippen LogP contribution in [0, 0.1) is 13.8 Å². The van der Waals surface area contributed by atoms with E-state index in [2.05, 4.69) is 10.3 Å². The van der Waals surface area contributed by atoms with E-state index in [9.17, 15) is 4.79 Å². The van der Waals surface area contributed by atoms with Gasteiger partial charge in [0.15, 0.2) is 5.58 Å². The maximum absolute atomic E-state index is 12.5. The lowest BCUT2D eigenvalue weighted by Gasteiger charge is -2.08. The summed E-state index contributed by atoms with van der Waals surface area (Å²) in [6.07, 6.45) is 0. The Kier molecular flexibility index (Phi) is 5.26. The molecule has 1 heterocycles. The monoisotopic (exact) mass is 444 g/mol. The zero-order chi connectivity index (χ0) is 20.7. The van der Waals surface area contributed by atoms with Gasteiger partial charge in [-0.1, -0.05) is 34.8 Å². The number of fused-ring (bicyclic) bond motifs is 1. The Morgan fingerprint density at radius 3 is 2.38 bits per heavy atom. The van der Waals surface area contributed by atoms with Crippen LogP contribution in [0.1, 0.15) is 21.5 Å². The Balaban J connectivity index is 1.67. The van der Waals surface area contributed by atoms with Crippen LogP contribution in [0.2, 0.25) is 15.1 Å². The van der Waals surface area contributed by atoms with Gasteiger partial charge in [-0.05, 0) is 73.5 Å². The standard InChI is InChI=1S/C22H15Cl3N2O2/c1-11-7-19-20(8-12(11)2)29-22(27-19)15-10-14(4-6-16(15)23)26-21(28)13-3-5-17(24)18(25)9-13/h3-10H,1-2H3,(H,26,28). The zero-order valence-electron chi connectivity index (χ0n) is 15.5. The third-order valence-corrected chi connectivity index (χ3v) is 5.71. The van der Waals surface area contributed by atoms with Crippen LogP contribution in [-0.2, 0) is 0 Å². The molecule has 0 aliphatic carbocycles. The molecule has 3 aromatic carbocycles. The molecular weight excluding hydrogens is 431 g/mol. The van der Waals surface area contributed by atoms with Gasteiger partial charge in [-0.3, -0.25) is 4.79 Å². The first-order valence-corrected chi connectivity index (χ1v) is 9.89. The van der Waals surface area contributed by atoms with Gasteiger partial charge in [-0.25, -0.2) is 4.98 Å². The van der Waals surface area contributed by atoms with E-state index < -0.39 is 0 Å². The van der Waals surface area contributed by atoms with Gasteiger partial charge < -0.3 is 9.73 Å². The summed E-state index contributed by atoms with van der Waals surface area (Å²) < 4.78 is 5.90. The van der Waals surface area contributed by atoms with E-state index in [-0.39, 0.29) is 5.91 Å². The third kappa shape index (κ3) is 3.97. The van der Waals surface area contributed by atoms with E-state index in [1.165, 1.54) is 6.07 Å². The van der Waals surface area contributed by atoms with Gasteiger partial charge in [-0.2, -0.15) is 0 Å². The molecule has 1 N–H and O–H groups in total. The van der Waals surface area contributed by atoms with E-state index in [1.54, 1.807) is 30.3 Å². The minimum Gasteiger partial charge on any atom is -0.436 e. The van der Waals surface area contributed by atoms with E-state index in [1.807, 2.05) is 26.0 Å². The molecule has 0 fully saturated rings. The molecule has 7 heteroatoms. The quantitative estimate of drug-likeness (QED) is 0.359. The molecule has 0 aliphatic heterocycles. The number of nitrogens with zero attached hydrogens (tertiary/aromatic N) is 1. The van der Waals surface area contributed by atoms with Gasteiger partial charge in [0, 0.05) is 11.3 Å². The van der Waals surface area contributed by atoms with Crippen molar-refractivity contribution in [2.45, 2.75) is 13.8 Å². The van der Waals surface area contributed by atoms with Crippen molar-refractivity contribution in [1.82, 2.24) is 4.98 Å². The zero-order valence-corrected chi connectivity index (χ0v) is 17.8. The lowest BCUT2D eigenvalue weighted by molar-refractivity contribution is 0.102. The van der Waals surface area contributed by atoms with Crippen LogP contribution < -0.4 is 5.32 Å². The largest absolute Gasteiger partial charge is 0.436 e. The van der Waals surface area contributed by atoms with Gasteiger partial charge in [0.05, 0.1) is 20.6 Å². The van der Waals surface area contributed by atoms with E-state index in [0.717, 1.165) is 16.6 Å². The Morgan fingerprint density at radius 2 is 1.62 bits per heavy atom. The summed E-state index contributed by atoms with van der Waals surface area (Å²) >= 11 is 18.3. The first-order chi connectivity index (χ1) is 13.8. The van der Waals surface area contributed by atoms with Gasteiger partial charge >= 0.3 is 0 Å². The summed E-state index contributed by atoms with van der Waals surface area (Å²) in [6, 6.07) is 13.7. The van der Waals surface area contributed by atoms with Gasteiger partial charge in [-0.15, -0.1) is 0 Å². The summed E-state index contributed by atoms with van der Waals surface area (Å²) in [5.41, 5.74) is 5.22. The highest BCUT2D eigenvalue weighted by molar-refractivity contribution is 6.42. The van der Waals surface area contributed by atoms with Gasteiger partial charge in [0.1, 0.15) is 5.52 Å². The van der Waals surface area contributed by atoms with Crippen molar-refractivity contribution >= 4 is 57.5 Å². The Morgan fingerprint density at radius 1 is 0.897 bits per heavy atom. The van der Waals surface area contributed by atoms with Crippen molar-refractivity contribution < 1.29 is 9.21 Å². The number of carbonyl (C=O) groups excluding carboxylic acids is 1. The number of halogens is 3. The first kappa shape index (κ1) is 19.8. The van der Waals surface area contributed by atoms with Crippen LogP contribution >= 0.6 is 34.8 Å². The van der Waals surface area contributed by atoms with Crippen LogP contribution in [0.4, 0.5) is 5.69 Å². The number of aryl methyl sites for hydroxylation is 2. The number of hydrogen-bond donors (Lipinski definition) is 1. The fourth-order valence-electron chi connectivity index (χ4n) is 2.90. The van der Waals surface area contributed by atoms with Crippen molar-refractivity contribution in [2.24, 2.45) is 0 Å². The molecule has 0 atom stereocenters. The normalized spacial score (nSPS) is 11.1. The number of hydrogen-bond acceptors (Lipinski definition) is 3. The lowest BCUT2D eigenvalue weighted by Crippen LogP contribution is -2.11. The smallest absolute Gasteiger partial charge is 0.255 e. The number of oxazole rings is 1. The number of nitrogens with one attached hydrogen (secondary N) is 1. The van der Waals surface area contributed by atoms with E-state index in [4.69, 9.17) is 39.2 Å². The second-order valence-corrected chi connectivity index (χ2v) is 7.92. The molecule has 0 saturated heterocycles. The van der Waals surface area contributed by atoms with Crippen molar-refractivity contribution in [3.05, 3.63) is 80.3 Å². The summed E-state index contributed by atoms with van der Waals surface area (Å²) in [6.45, 7) is 4.04. The third-order valence-electron chi connectivity index (χ3n) is 4.64. The SMILES string of the molecule is Cc1cc2nc(-c3cc(NC(=O)c4ccc(Cl)c(Cl)c4)ccc3Cl)oc2cc1C. The molecular formula is C22H15Cl3N2O2. The Hall–Kier alpha value is -2.53. The molecule has 0 unspecified atom stereocenters. The molecule has 1 aromatic heterocycles. The molecule has 29 heavy (non-hydrogen) atoms. The maximum atomic E-state index is 12.5. The number of rotatable bonds is 3. The molecule has 0 bridgehead atoms. The van der Waals surface area contributed by atoms with Crippen LogP contribution in [0.15, 0.2) is 52.9 Å². The highest BCUT2D eigenvalue weighted by Crippen LogP contribution is 2.33. The highest BCUT2D eigenvalue weighted by Gasteiger charge is 2.15. The van der Waals surface area contributed by atoms with Crippen LogP contribution in [0.25, 0.3) is 22.6 Å². The predicted octanol–water partition coefficient (Wildman–Crippen LogP) is 7.32. The molecule has 4 aromatic rings. The predicted molar refractivity (Wildman–Crippen MR) is 118 cm³/mol. The Bertz CT molecular complexity index is 1230. The van der Waals surface area contributed by atoms with Gasteiger partial charge in [0.25, 0.3) is 5.91 Å². The first-order valence-electron chi connectivity index (χ1n) is 8.76. The summed E-state index contributed by atoms with van der Waals surface area (Å²) in [7, 11) is 0. The molecule has 0 spiro atoms. The van der Waals surface area contributed by atoms with Crippen molar-refractivity contribution in [3.8, 4) is 11.5 Å². The fourth-order valence-corrected chi connectivity index (χ4v) is 3.40. The number of aromatic nitrogens is 1. The Labute approximate surface area is 182 Å². The van der Waals surface area contributed by atoms with Crippen molar-refractivity contribution in [1.29, 1.82) is 0 Å². The average Bonchev–Trinajstić information content (AvgIpc) is 3.08. The lowest BCUT2D eigenvalue weighted by atomic mass is 10.1. The molecule has 4 rings (SSSR count). The molecule has 4 nitrogen and oxygen atoms in total. The maximum Gasteiger partial charge on any atom is 0.255 e. The van der Waals surface area contributed by atoms with Crippen LogP contribution in [0.3, 0.4) is 0 Å². The molecule has 146 valence electrons. The van der Waals surface area contributed by atoms with Crippen LogP contribution in [0.5, 0.6) is 0 Å². The van der Waals surface area contributed by atoms with Crippen LogP contribution in [-0.4, -0.2) is 10.9 Å². The average molecular weight is 446 g/mol. The second-order valence-electron chi connectivity index (χ2n) is 6.70. The molecule has 0 radical (unpaired) electrons. The number of carbonyl (C=O) groups is 1. The number of amides is 1. The minimum absolute atomic E-state index is 0.313. The summed E-state index contributed by atoms with van der Waals surface area (Å²) in [5, 5.41) is 4.00. The topological polar surface area (TPSA) is 55.1 Å². The number of anilines is 1. The second kappa shape index (κ2) is 7.71.